The Labute approximate surface area is 126 Å². The molecule has 4 bridgehead atoms. The summed E-state index contributed by atoms with van der Waals surface area (Å²) in [6.07, 6.45) is 7.11. The van der Waals surface area contributed by atoms with Crippen molar-refractivity contribution in [3.63, 3.8) is 0 Å². The number of anilines is 1. The molecule has 0 atom stereocenters. The molecule has 3 nitrogen and oxygen atoms in total. The minimum Gasteiger partial charge on any atom is -0.495 e. The van der Waals surface area contributed by atoms with Crippen LogP contribution in [0.3, 0.4) is 0 Å². The highest BCUT2D eigenvalue weighted by Gasteiger charge is 2.48. The molecule has 3 heteroatoms. The van der Waals surface area contributed by atoms with Gasteiger partial charge < -0.3 is 10.1 Å². The second kappa shape index (κ2) is 4.94. The third-order valence-electron chi connectivity index (χ3n) is 5.88. The lowest BCUT2D eigenvalue weighted by Gasteiger charge is -2.54. The van der Waals surface area contributed by atoms with Crippen LogP contribution in [0.25, 0.3) is 0 Å². The second-order valence-electron chi connectivity index (χ2n) is 7.13. The molecule has 0 spiro atoms. The Bertz CT molecular complexity index is 561. The van der Waals surface area contributed by atoms with Gasteiger partial charge in [-0.2, -0.15) is 5.26 Å². The molecule has 4 fully saturated rings. The van der Waals surface area contributed by atoms with Gasteiger partial charge in [-0.05, 0) is 67.9 Å². The third-order valence-corrected chi connectivity index (χ3v) is 5.88. The molecule has 4 saturated carbocycles. The molecule has 0 amide bonds. The van der Waals surface area contributed by atoms with Crippen molar-refractivity contribution in [1.82, 2.24) is 0 Å². The fourth-order valence-corrected chi connectivity index (χ4v) is 5.22. The van der Waals surface area contributed by atoms with Gasteiger partial charge in [0.15, 0.2) is 0 Å². The van der Waals surface area contributed by atoms with Crippen LogP contribution in [0.1, 0.15) is 37.7 Å². The van der Waals surface area contributed by atoms with E-state index in [1.807, 2.05) is 18.2 Å². The molecular weight excluding hydrogens is 260 g/mol. The lowest BCUT2D eigenvalue weighted by atomic mass is 9.54. The van der Waals surface area contributed by atoms with Gasteiger partial charge in [-0.3, -0.25) is 0 Å². The van der Waals surface area contributed by atoms with Crippen molar-refractivity contribution >= 4 is 5.69 Å². The van der Waals surface area contributed by atoms with Crippen LogP contribution < -0.4 is 10.1 Å². The summed E-state index contributed by atoms with van der Waals surface area (Å²) in [5.74, 6) is 4.45. The van der Waals surface area contributed by atoms with Crippen molar-refractivity contribution < 1.29 is 4.74 Å². The minimum atomic E-state index is 0.597. The summed E-state index contributed by atoms with van der Waals surface area (Å²) in [6, 6.07) is 8.48. The molecule has 4 aliphatic rings. The molecule has 5 rings (SSSR count). The fraction of sp³-hybridized carbons (Fsp3) is 0.611. The zero-order chi connectivity index (χ0) is 14.4. The van der Waals surface area contributed by atoms with Crippen molar-refractivity contribution in [3.05, 3.63) is 23.8 Å². The first kappa shape index (κ1) is 13.0. The van der Waals surface area contributed by atoms with Gasteiger partial charge in [-0.25, -0.2) is 0 Å². The number of hydrogen-bond acceptors (Lipinski definition) is 3. The van der Waals surface area contributed by atoms with Gasteiger partial charge >= 0.3 is 0 Å². The van der Waals surface area contributed by atoms with Crippen LogP contribution >= 0.6 is 0 Å². The van der Waals surface area contributed by atoms with Crippen LogP contribution in [-0.2, 0) is 0 Å². The van der Waals surface area contributed by atoms with Crippen molar-refractivity contribution in [3.8, 4) is 11.8 Å². The molecular formula is C18H22N2O. The molecule has 0 saturated heterocycles. The zero-order valence-corrected chi connectivity index (χ0v) is 12.5. The number of benzene rings is 1. The quantitative estimate of drug-likeness (QED) is 0.917. The Morgan fingerprint density at radius 2 is 1.76 bits per heavy atom. The molecule has 0 aliphatic heterocycles. The predicted octanol–water partition coefficient (Wildman–Crippen LogP) is 3.80. The van der Waals surface area contributed by atoms with E-state index in [0.717, 1.165) is 35.1 Å². The van der Waals surface area contributed by atoms with Gasteiger partial charge in [-0.1, -0.05) is 0 Å². The van der Waals surface area contributed by atoms with Crippen LogP contribution in [0.15, 0.2) is 18.2 Å². The van der Waals surface area contributed by atoms with E-state index in [1.165, 1.54) is 32.1 Å². The monoisotopic (exact) mass is 282 g/mol. The van der Waals surface area contributed by atoms with Gasteiger partial charge in [-0.15, -0.1) is 0 Å². The molecule has 0 aromatic heterocycles. The molecule has 4 aliphatic carbocycles. The zero-order valence-electron chi connectivity index (χ0n) is 12.5. The fourth-order valence-electron chi connectivity index (χ4n) is 5.22. The van der Waals surface area contributed by atoms with Gasteiger partial charge in [0.1, 0.15) is 5.75 Å². The average Bonchev–Trinajstić information content (AvgIpc) is 2.50. The highest BCUT2D eigenvalue weighted by Crippen LogP contribution is 2.54. The number of hydrogen-bond donors (Lipinski definition) is 1. The van der Waals surface area contributed by atoms with Crippen molar-refractivity contribution in [1.29, 1.82) is 5.26 Å². The van der Waals surface area contributed by atoms with Crippen LogP contribution in [0.5, 0.6) is 5.75 Å². The molecule has 1 aromatic rings. The van der Waals surface area contributed by atoms with E-state index in [-0.39, 0.29) is 0 Å². The van der Waals surface area contributed by atoms with E-state index in [2.05, 4.69) is 11.4 Å². The summed E-state index contributed by atoms with van der Waals surface area (Å²) in [7, 11) is 1.68. The largest absolute Gasteiger partial charge is 0.495 e. The van der Waals surface area contributed by atoms with Crippen LogP contribution in [0, 0.1) is 35.0 Å². The van der Waals surface area contributed by atoms with Crippen molar-refractivity contribution in [2.45, 2.75) is 38.1 Å². The SMILES string of the molecule is COc1cc(C#N)ccc1NC1C2CC3CC(C2)CC1C3. The van der Waals surface area contributed by atoms with Crippen LogP contribution in [-0.4, -0.2) is 13.2 Å². The molecule has 0 heterocycles. The molecule has 0 radical (unpaired) electrons. The number of nitrogens with one attached hydrogen (secondary N) is 1. The first-order valence-electron chi connectivity index (χ1n) is 8.11. The maximum absolute atomic E-state index is 9.01. The Morgan fingerprint density at radius 3 is 2.33 bits per heavy atom. The topological polar surface area (TPSA) is 45.0 Å². The average molecular weight is 282 g/mol. The standard InChI is InChI=1S/C18H22N2O/c1-21-17-9-11(10-19)2-3-16(17)20-18-14-5-12-4-13(7-14)8-15(18)6-12/h2-3,9,12-15,18,20H,4-8H2,1H3. The molecule has 0 unspecified atom stereocenters. The second-order valence-corrected chi connectivity index (χ2v) is 7.13. The van der Waals surface area contributed by atoms with Crippen molar-refractivity contribution in [2.75, 3.05) is 12.4 Å². The van der Waals surface area contributed by atoms with E-state index in [1.54, 1.807) is 7.11 Å². The lowest BCUT2D eigenvalue weighted by Crippen LogP contribution is -2.51. The Morgan fingerprint density at radius 1 is 1.10 bits per heavy atom. The first-order chi connectivity index (χ1) is 10.3. The Balaban J connectivity index is 1.58. The van der Waals surface area contributed by atoms with Crippen molar-refractivity contribution in [2.24, 2.45) is 23.7 Å². The number of nitrogens with zero attached hydrogens (tertiary/aromatic N) is 1. The first-order valence-corrected chi connectivity index (χ1v) is 8.11. The van der Waals surface area contributed by atoms with E-state index in [9.17, 15) is 0 Å². The maximum atomic E-state index is 9.01. The van der Waals surface area contributed by atoms with Gasteiger partial charge in [0.25, 0.3) is 0 Å². The summed E-state index contributed by atoms with van der Waals surface area (Å²) in [5.41, 5.74) is 1.71. The smallest absolute Gasteiger partial charge is 0.143 e. The van der Waals surface area contributed by atoms with E-state index < -0.39 is 0 Å². The Kier molecular flexibility index (Phi) is 3.06. The lowest BCUT2D eigenvalue weighted by molar-refractivity contribution is 0.00748. The predicted molar refractivity (Wildman–Crippen MR) is 82.2 cm³/mol. The highest BCUT2D eigenvalue weighted by molar-refractivity contribution is 5.60. The summed E-state index contributed by atoms with van der Waals surface area (Å²) in [5, 5.41) is 12.8. The van der Waals surface area contributed by atoms with Crippen LogP contribution in [0.4, 0.5) is 5.69 Å². The number of methoxy groups -OCH3 is 1. The van der Waals surface area contributed by atoms with E-state index in [0.29, 0.717) is 11.6 Å². The molecule has 110 valence electrons. The number of nitriles is 1. The van der Waals surface area contributed by atoms with Gasteiger partial charge in [0, 0.05) is 12.1 Å². The van der Waals surface area contributed by atoms with E-state index >= 15 is 0 Å². The summed E-state index contributed by atoms with van der Waals surface area (Å²) in [4.78, 5) is 0. The summed E-state index contributed by atoms with van der Waals surface area (Å²) in [6.45, 7) is 0. The van der Waals surface area contributed by atoms with Gasteiger partial charge in [0.05, 0.1) is 24.4 Å². The third kappa shape index (κ3) is 2.18. The van der Waals surface area contributed by atoms with Crippen LogP contribution in [0.2, 0.25) is 0 Å². The summed E-state index contributed by atoms with van der Waals surface area (Å²) >= 11 is 0. The molecule has 1 aromatic carbocycles. The maximum Gasteiger partial charge on any atom is 0.143 e. The number of rotatable bonds is 3. The van der Waals surface area contributed by atoms with Gasteiger partial charge in [0.2, 0.25) is 0 Å². The molecule has 1 N–H and O–H groups in total. The minimum absolute atomic E-state index is 0.597. The molecule has 21 heavy (non-hydrogen) atoms. The Hall–Kier alpha value is -1.69. The summed E-state index contributed by atoms with van der Waals surface area (Å²) < 4.78 is 5.47. The van der Waals surface area contributed by atoms with E-state index in [4.69, 9.17) is 10.00 Å². The highest BCUT2D eigenvalue weighted by atomic mass is 16.5. The number of ether oxygens (including phenoxy) is 1. The normalized spacial score (nSPS) is 36.3.